The van der Waals surface area contributed by atoms with Crippen molar-refractivity contribution in [3.05, 3.63) is 41.7 Å². The van der Waals surface area contributed by atoms with E-state index < -0.39 is 0 Å². The average Bonchev–Trinajstić information content (AvgIpc) is 3.25. The number of urea groups is 1. The molecule has 0 saturated carbocycles. The first kappa shape index (κ1) is 17.6. The van der Waals surface area contributed by atoms with Gasteiger partial charge in [-0.15, -0.1) is 0 Å². The number of ether oxygens (including phenoxy) is 1. The highest BCUT2D eigenvalue weighted by atomic mass is 16.5. The van der Waals surface area contributed by atoms with Crippen LogP contribution in [0.4, 0.5) is 4.79 Å². The van der Waals surface area contributed by atoms with Crippen molar-refractivity contribution >= 4 is 28.5 Å². The quantitative estimate of drug-likeness (QED) is 0.835. The lowest BCUT2D eigenvalue weighted by Gasteiger charge is -2.36. The molecule has 2 unspecified atom stereocenters. The molecule has 0 aliphatic carbocycles. The number of hydrogen-bond acceptors (Lipinski definition) is 4. The van der Waals surface area contributed by atoms with E-state index in [0.717, 1.165) is 35.8 Å². The monoisotopic (exact) mass is 368 g/mol. The van der Waals surface area contributed by atoms with Gasteiger partial charge in [-0.25, -0.2) is 9.59 Å². The molecule has 2 aromatic rings. The van der Waals surface area contributed by atoms with E-state index in [0.29, 0.717) is 24.3 Å². The number of benzene rings is 1. The highest BCUT2D eigenvalue weighted by molar-refractivity contribution is 6.01. The second kappa shape index (κ2) is 7.10. The normalized spacial score (nSPS) is 21.6. The van der Waals surface area contributed by atoms with Gasteiger partial charge in [0.15, 0.2) is 0 Å². The number of fused-ring (bicyclic) bond motifs is 3. The van der Waals surface area contributed by atoms with Gasteiger partial charge in [0.2, 0.25) is 0 Å². The summed E-state index contributed by atoms with van der Waals surface area (Å²) in [6, 6.07) is 9.47. The van der Waals surface area contributed by atoms with Crippen molar-refractivity contribution in [2.45, 2.75) is 44.7 Å². The van der Waals surface area contributed by atoms with E-state index in [1.165, 1.54) is 7.11 Å². The summed E-state index contributed by atoms with van der Waals surface area (Å²) in [5.41, 5.74) is 2.21. The molecule has 3 heterocycles. The number of methoxy groups -OCH3 is 1. The Hall–Kier alpha value is -2.76. The first-order valence-corrected chi connectivity index (χ1v) is 9.50. The minimum atomic E-state index is -0.385. The number of rotatable bonds is 4. The summed E-state index contributed by atoms with van der Waals surface area (Å²) in [7, 11) is 1.38. The molecule has 4 rings (SSSR count). The van der Waals surface area contributed by atoms with Crippen LogP contribution in [0.5, 0.6) is 0 Å². The molecule has 1 fully saturated rings. The van der Waals surface area contributed by atoms with Crippen molar-refractivity contribution in [1.29, 1.82) is 0 Å². The number of carbonyl (C=O) groups excluding carboxylic acids is 2. The van der Waals surface area contributed by atoms with E-state index in [1.807, 2.05) is 42.2 Å². The van der Waals surface area contributed by atoms with E-state index >= 15 is 0 Å². The van der Waals surface area contributed by atoms with Crippen LogP contribution in [-0.4, -0.2) is 42.6 Å². The van der Waals surface area contributed by atoms with Gasteiger partial charge in [-0.3, -0.25) is 0 Å². The van der Waals surface area contributed by atoms with E-state index in [4.69, 9.17) is 9.15 Å². The number of amides is 2. The Kier molecular flexibility index (Phi) is 4.64. The van der Waals surface area contributed by atoms with Gasteiger partial charge in [0.05, 0.1) is 18.7 Å². The molecule has 2 aliphatic heterocycles. The lowest BCUT2D eigenvalue weighted by atomic mass is 9.91. The lowest BCUT2D eigenvalue weighted by molar-refractivity contribution is -0.136. The Morgan fingerprint density at radius 2 is 2.11 bits per heavy atom. The van der Waals surface area contributed by atoms with E-state index in [9.17, 15) is 9.59 Å². The minimum absolute atomic E-state index is 0.0727. The third-order valence-electron chi connectivity index (χ3n) is 5.49. The molecule has 2 amide bonds. The zero-order valence-electron chi connectivity index (χ0n) is 15.7. The fourth-order valence-electron chi connectivity index (χ4n) is 4.28. The number of hydrogen-bond donors (Lipinski definition) is 1. The van der Waals surface area contributed by atoms with Crippen LogP contribution in [0, 0.1) is 0 Å². The summed E-state index contributed by atoms with van der Waals surface area (Å²) in [5.74, 6) is 0.311. The fraction of sp³-hybridized carbons (Fsp3) is 0.429. The van der Waals surface area contributed by atoms with Crippen molar-refractivity contribution in [3.8, 4) is 0 Å². The Morgan fingerprint density at radius 1 is 1.30 bits per heavy atom. The van der Waals surface area contributed by atoms with Gasteiger partial charge in [0.25, 0.3) is 0 Å². The average molecular weight is 368 g/mol. The predicted molar refractivity (Wildman–Crippen MR) is 102 cm³/mol. The molecule has 1 saturated heterocycles. The van der Waals surface area contributed by atoms with E-state index in [1.54, 1.807) is 0 Å². The van der Waals surface area contributed by atoms with Crippen LogP contribution in [0.15, 0.2) is 40.3 Å². The molecule has 1 N–H and O–H groups in total. The number of nitrogens with zero attached hydrogens (tertiary/aromatic N) is 1. The van der Waals surface area contributed by atoms with E-state index in [2.05, 4.69) is 5.32 Å². The Morgan fingerprint density at radius 3 is 2.85 bits per heavy atom. The molecule has 6 heteroatoms. The summed E-state index contributed by atoms with van der Waals surface area (Å²) >= 11 is 0. The van der Waals surface area contributed by atoms with Gasteiger partial charge in [-0.2, -0.15) is 0 Å². The molecule has 2 bridgehead atoms. The first-order chi connectivity index (χ1) is 13.1. The van der Waals surface area contributed by atoms with Crippen LogP contribution < -0.4 is 5.32 Å². The molecule has 1 aromatic heterocycles. The molecule has 6 nitrogen and oxygen atoms in total. The number of nitrogens with one attached hydrogen (secondary N) is 1. The molecule has 1 aromatic carbocycles. The van der Waals surface area contributed by atoms with Gasteiger partial charge in [-0.1, -0.05) is 25.1 Å². The summed E-state index contributed by atoms with van der Waals surface area (Å²) in [6.45, 7) is 2.65. The summed E-state index contributed by atoms with van der Waals surface area (Å²) in [5, 5.41) is 3.95. The van der Waals surface area contributed by atoms with Crippen molar-refractivity contribution in [2.24, 2.45) is 0 Å². The minimum Gasteiger partial charge on any atom is -0.466 e. The Labute approximate surface area is 158 Å². The SMILES string of the molecule is CCCNC(=O)N1C2CCC1C(C(=O)OC)=C(c1cc3ccccc3o1)C2. The van der Waals surface area contributed by atoms with Crippen molar-refractivity contribution in [2.75, 3.05) is 13.7 Å². The van der Waals surface area contributed by atoms with Gasteiger partial charge in [0, 0.05) is 23.5 Å². The number of furan rings is 1. The molecular weight excluding hydrogens is 344 g/mol. The lowest BCUT2D eigenvalue weighted by Crippen LogP contribution is -2.51. The molecule has 0 radical (unpaired) electrons. The molecule has 2 atom stereocenters. The smallest absolute Gasteiger partial charge is 0.336 e. The zero-order chi connectivity index (χ0) is 19.0. The third kappa shape index (κ3) is 2.99. The highest BCUT2D eigenvalue weighted by Crippen LogP contribution is 2.44. The number of esters is 1. The summed E-state index contributed by atoms with van der Waals surface area (Å²) in [6.07, 6.45) is 3.10. The third-order valence-corrected chi connectivity index (χ3v) is 5.49. The van der Waals surface area contributed by atoms with E-state index in [-0.39, 0.29) is 24.1 Å². The maximum absolute atomic E-state index is 12.7. The number of carbonyl (C=O) groups is 2. The number of para-hydroxylation sites is 1. The standard InChI is InChI=1S/C21H24N2O4/c1-3-10-22-21(25)23-14-8-9-16(23)19(20(24)26-2)15(12-14)18-11-13-6-4-5-7-17(13)27-18/h4-7,11,14,16H,3,8-10,12H2,1-2H3,(H,22,25). The topological polar surface area (TPSA) is 71.8 Å². The molecular formula is C21H24N2O4. The van der Waals surface area contributed by atoms with Crippen LogP contribution in [0.1, 0.15) is 38.4 Å². The summed E-state index contributed by atoms with van der Waals surface area (Å²) < 4.78 is 11.1. The van der Waals surface area contributed by atoms with Crippen molar-refractivity contribution in [1.82, 2.24) is 10.2 Å². The van der Waals surface area contributed by atoms with Gasteiger partial charge in [-0.05, 0) is 37.8 Å². The van der Waals surface area contributed by atoms with Crippen LogP contribution in [-0.2, 0) is 9.53 Å². The predicted octanol–water partition coefficient (Wildman–Crippen LogP) is 3.72. The zero-order valence-corrected chi connectivity index (χ0v) is 15.7. The molecule has 2 aliphatic rings. The Bertz CT molecular complexity index is 881. The van der Waals surface area contributed by atoms with Gasteiger partial charge >= 0.3 is 12.0 Å². The molecule has 142 valence electrons. The fourth-order valence-corrected chi connectivity index (χ4v) is 4.28. The van der Waals surface area contributed by atoms with Gasteiger partial charge in [0.1, 0.15) is 11.3 Å². The van der Waals surface area contributed by atoms with Gasteiger partial charge < -0.3 is 19.4 Å². The Balaban J connectivity index is 1.77. The highest BCUT2D eigenvalue weighted by Gasteiger charge is 2.47. The van der Waals surface area contributed by atoms with Crippen LogP contribution in [0.2, 0.25) is 0 Å². The molecule has 0 spiro atoms. The first-order valence-electron chi connectivity index (χ1n) is 9.50. The van der Waals surface area contributed by atoms with Crippen LogP contribution >= 0.6 is 0 Å². The van der Waals surface area contributed by atoms with Crippen LogP contribution in [0.3, 0.4) is 0 Å². The van der Waals surface area contributed by atoms with Crippen molar-refractivity contribution in [3.63, 3.8) is 0 Å². The summed E-state index contributed by atoms with van der Waals surface area (Å²) in [4.78, 5) is 27.2. The second-order valence-electron chi connectivity index (χ2n) is 7.12. The molecule has 27 heavy (non-hydrogen) atoms. The van der Waals surface area contributed by atoms with Crippen LogP contribution in [0.25, 0.3) is 16.5 Å². The second-order valence-corrected chi connectivity index (χ2v) is 7.12. The maximum atomic E-state index is 12.7. The largest absolute Gasteiger partial charge is 0.466 e. The maximum Gasteiger partial charge on any atom is 0.336 e. The van der Waals surface area contributed by atoms with Crippen molar-refractivity contribution < 1.29 is 18.7 Å².